The molecule has 4 rings (SSSR count). The van der Waals surface area contributed by atoms with Gasteiger partial charge in [0.2, 0.25) is 0 Å². The first-order valence-corrected chi connectivity index (χ1v) is 10.9. The zero-order valence-corrected chi connectivity index (χ0v) is 18.8. The van der Waals surface area contributed by atoms with E-state index in [1.807, 2.05) is 23.1 Å². The summed E-state index contributed by atoms with van der Waals surface area (Å²) in [5.74, 6) is 1.42. The highest BCUT2D eigenvalue weighted by Crippen LogP contribution is 2.19. The Morgan fingerprint density at radius 3 is 2.74 bits per heavy atom. The summed E-state index contributed by atoms with van der Waals surface area (Å²) in [6.45, 7) is 6.01. The second-order valence-electron chi connectivity index (χ2n) is 7.75. The van der Waals surface area contributed by atoms with Crippen LogP contribution in [-0.4, -0.2) is 53.6 Å². The molecule has 0 aliphatic carbocycles. The summed E-state index contributed by atoms with van der Waals surface area (Å²) in [5, 5.41) is 3.27. The van der Waals surface area contributed by atoms with Crippen LogP contribution in [0, 0.1) is 0 Å². The summed E-state index contributed by atoms with van der Waals surface area (Å²) in [6.07, 6.45) is 4.03. The Bertz CT molecular complexity index is 998. The number of ether oxygens (including phenoxy) is 1. The number of hydrogen-bond donors (Lipinski definition) is 2. The highest BCUT2D eigenvalue weighted by atomic mass is 35.5. The molecule has 0 radical (unpaired) electrons. The van der Waals surface area contributed by atoms with E-state index >= 15 is 0 Å². The predicted octanol–water partition coefficient (Wildman–Crippen LogP) is 3.99. The minimum atomic E-state index is -0.0150. The number of fused-ring (bicyclic) bond motifs is 1. The monoisotopic (exact) mass is 442 g/mol. The van der Waals surface area contributed by atoms with E-state index in [1.54, 1.807) is 0 Å². The zero-order valence-electron chi connectivity index (χ0n) is 18.0. The van der Waals surface area contributed by atoms with E-state index in [0.29, 0.717) is 5.82 Å². The number of aryl methyl sites for hydroxylation is 2. The van der Waals surface area contributed by atoms with Gasteiger partial charge in [0.25, 0.3) is 5.91 Å². The highest BCUT2D eigenvalue weighted by Gasteiger charge is 2.20. The number of aromatic nitrogens is 2. The van der Waals surface area contributed by atoms with Gasteiger partial charge in [-0.2, -0.15) is 0 Å². The molecule has 1 saturated heterocycles. The molecule has 3 aromatic rings. The molecule has 1 amide bonds. The van der Waals surface area contributed by atoms with Crippen molar-refractivity contribution in [1.29, 1.82) is 0 Å². The van der Waals surface area contributed by atoms with Gasteiger partial charge in [-0.05, 0) is 55.0 Å². The van der Waals surface area contributed by atoms with Crippen LogP contribution in [0.15, 0.2) is 42.5 Å². The molecule has 31 heavy (non-hydrogen) atoms. The molecule has 1 aliphatic heterocycles. The van der Waals surface area contributed by atoms with Crippen LogP contribution in [0.5, 0.6) is 5.75 Å². The first-order valence-electron chi connectivity index (χ1n) is 10.9. The quantitative estimate of drug-likeness (QED) is 0.517. The molecular formula is C24H31ClN4O2. The van der Waals surface area contributed by atoms with Crippen LogP contribution in [0.3, 0.4) is 0 Å². The average molecular weight is 443 g/mol. The molecule has 2 N–H and O–H groups in total. The summed E-state index contributed by atoms with van der Waals surface area (Å²) in [7, 11) is 0. The first-order chi connectivity index (χ1) is 14.7. The second-order valence-corrected chi connectivity index (χ2v) is 7.75. The normalized spacial score (nSPS) is 13.8. The fraction of sp³-hybridized carbons (Fsp3) is 0.417. The molecule has 0 unspecified atom stereocenters. The number of unbranched alkanes of at least 4 members (excludes halogenated alkanes) is 1. The van der Waals surface area contributed by atoms with Gasteiger partial charge in [0.05, 0.1) is 17.6 Å². The fourth-order valence-electron chi connectivity index (χ4n) is 3.88. The van der Waals surface area contributed by atoms with Crippen LogP contribution in [0.2, 0.25) is 0 Å². The lowest BCUT2D eigenvalue weighted by Gasteiger charge is -2.26. The van der Waals surface area contributed by atoms with Crippen molar-refractivity contribution >= 4 is 29.3 Å². The third-order valence-electron chi connectivity index (χ3n) is 5.62. The molecule has 7 heteroatoms. The average Bonchev–Trinajstić information content (AvgIpc) is 3.22. The standard InChI is InChI=1S/C24H30N4O2.ClH/c1-2-19-8-3-4-9-22(19)30-16-6-5-7-18-10-11-20-21(17-18)27-23(26-20)24(29)28-14-12-25-13-15-28;/h3-4,8-11,17,25H,2,5-7,12-16H2,1H3,(H,26,27);1H. The number of nitrogens with zero attached hydrogens (tertiary/aromatic N) is 2. The van der Waals surface area contributed by atoms with Gasteiger partial charge in [0, 0.05) is 26.2 Å². The van der Waals surface area contributed by atoms with Crippen molar-refractivity contribution in [2.45, 2.75) is 32.6 Å². The summed E-state index contributed by atoms with van der Waals surface area (Å²) >= 11 is 0. The number of H-pyrrole nitrogens is 1. The minimum absolute atomic E-state index is 0. The molecule has 0 spiro atoms. The van der Waals surface area contributed by atoms with Crippen LogP contribution in [0.4, 0.5) is 0 Å². The Hall–Kier alpha value is -2.57. The number of nitrogens with one attached hydrogen (secondary N) is 2. The topological polar surface area (TPSA) is 70.2 Å². The molecule has 1 aliphatic rings. The number of piperazine rings is 1. The summed E-state index contributed by atoms with van der Waals surface area (Å²) < 4.78 is 5.96. The van der Waals surface area contributed by atoms with Gasteiger partial charge in [-0.3, -0.25) is 4.79 Å². The number of carbonyl (C=O) groups excluding carboxylic acids is 1. The number of amides is 1. The van der Waals surface area contributed by atoms with Crippen LogP contribution >= 0.6 is 12.4 Å². The Morgan fingerprint density at radius 1 is 1.13 bits per heavy atom. The molecule has 6 nitrogen and oxygen atoms in total. The zero-order chi connectivity index (χ0) is 20.8. The van der Waals surface area contributed by atoms with Gasteiger partial charge in [-0.15, -0.1) is 12.4 Å². The molecule has 2 aromatic carbocycles. The maximum Gasteiger partial charge on any atom is 0.289 e. The van der Waals surface area contributed by atoms with E-state index < -0.39 is 0 Å². The molecule has 166 valence electrons. The second kappa shape index (κ2) is 11.2. The molecule has 2 heterocycles. The molecule has 0 bridgehead atoms. The van der Waals surface area contributed by atoms with Gasteiger partial charge in [-0.1, -0.05) is 31.2 Å². The summed E-state index contributed by atoms with van der Waals surface area (Å²) in [6, 6.07) is 14.5. The van der Waals surface area contributed by atoms with Gasteiger partial charge < -0.3 is 19.9 Å². The van der Waals surface area contributed by atoms with Crippen molar-refractivity contribution in [2.75, 3.05) is 32.8 Å². The molecule has 1 fully saturated rings. The molecule has 1 aromatic heterocycles. The van der Waals surface area contributed by atoms with E-state index in [1.165, 1.54) is 11.1 Å². The van der Waals surface area contributed by atoms with Gasteiger partial charge in [0.1, 0.15) is 5.75 Å². The number of halogens is 1. The van der Waals surface area contributed by atoms with Crippen molar-refractivity contribution in [3.63, 3.8) is 0 Å². The van der Waals surface area contributed by atoms with E-state index in [0.717, 1.165) is 75.3 Å². The van der Waals surface area contributed by atoms with E-state index in [4.69, 9.17) is 4.74 Å². The van der Waals surface area contributed by atoms with Crippen molar-refractivity contribution in [2.24, 2.45) is 0 Å². The summed E-state index contributed by atoms with van der Waals surface area (Å²) in [5.41, 5.74) is 4.28. The van der Waals surface area contributed by atoms with Gasteiger partial charge in [-0.25, -0.2) is 4.98 Å². The highest BCUT2D eigenvalue weighted by molar-refractivity contribution is 5.94. The van der Waals surface area contributed by atoms with Crippen molar-refractivity contribution in [1.82, 2.24) is 20.2 Å². The first kappa shape index (κ1) is 23.1. The van der Waals surface area contributed by atoms with Crippen molar-refractivity contribution in [3.05, 3.63) is 59.4 Å². The van der Waals surface area contributed by atoms with Crippen LogP contribution in [-0.2, 0) is 12.8 Å². The number of imidazole rings is 1. The third-order valence-corrected chi connectivity index (χ3v) is 5.62. The molecule has 0 atom stereocenters. The number of para-hydroxylation sites is 1. The molecule has 0 saturated carbocycles. The number of aromatic amines is 1. The van der Waals surface area contributed by atoms with Crippen LogP contribution < -0.4 is 10.1 Å². The Kier molecular flexibility index (Phi) is 8.32. The Balaban J connectivity index is 0.00000272. The van der Waals surface area contributed by atoms with Crippen LogP contribution in [0.1, 0.15) is 41.5 Å². The van der Waals surface area contributed by atoms with Gasteiger partial charge in [0.15, 0.2) is 5.82 Å². The number of rotatable bonds is 8. The maximum absolute atomic E-state index is 12.7. The van der Waals surface area contributed by atoms with Crippen LogP contribution in [0.25, 0.3) is 11.0 Å². The van der Waals surface area contributed by atoms with Crippen molar-refractivity contribution < 1.29 is 9.53 Å². The lowest BCUT2D eigenvalue weighted by atomic mass is 10.1. The Morgan fingerprint density at radius 2 is 1.94 bits per heavy atom. The predicted molar refractivity (Wildman–Crippen MR) is 126 cm³/mol. The SMILES string of the molecule is CCc1ccccc1OCCCCc1ccc2nc(C(=O)N3CCNCC3)[nH]c2c1.Cl. The largest absolute Gasteiger partial charge is 0.493 e. The summed E-state index contributed by atoms with van der Waals surface area (Å²) in [4.78, 5) is 22.2. The maximum atomic E-state index is 12.7. The van der Waals surface area contributed by atoms with E-state index in [9.17, 15) is 4.79 Å². The third kappa shape index (κ3) is 5.77. The van der Waals surface area contributed by atoms with Crippen molar-refractivity contribution in [3.8, 4) is 5.75 Å². The van der Waals surface area contributed by atoms with E-state index in [-0.39, 0.29) is 18.3 Å². The lowest BCUT2D eigenvalue weighted by molar-refractivity contribution is 0.0725. The lowest BCUT2D eigenvalue weighted by Crippen LogP contribution is -2.46. The fourth-order valence-corrected chi connectivity index (χ4v) is 3.88. The molecular weight excluding hydrogens is 412 g/mol. The number of benzene rings is 2. The Labute approximate surface area is 189 Å². The van der Waals surface area contributed by atoms with E-state index in [2.05, 4.69) is 46.5 Å². The minimum Gasteiger partial charge on any atom is -0.493 e. The van der Waals surface area contributed by atoms with Gasteiger partial charge >= 0.3 is 0 Å². The number of carbonyl (C=O) groups is 1. The number of hydrogen-bond acceptors (Lipinski definition) is 4. The smallest absolute Gasteiger partial charge is 0.289 e.